The number of halogens is 3. The van der Waals surface area contributed by atoms with Gasteiger partial charge in [0.15, 0.2) is 0 Å². The molecule has 0 bridgehead atoms. The molecule has 0 aromatic heterocycles. The molecule has 10 heteroatoms. The zero-order valence-corrected chi connectivity index (χ0v) is 17.1. The van der Waals surface area contributed by atoms with Crippen LogP contribution in [0.4, 0.5) is 10.5 Å². The highest BCUT2D eigenvalue weighted by atomic mass is 35.6. The molecule has 0 atom stereocenters. The smallest absolute Gasteiger partial charge is 0.411 e. The molecule has 1 N–H and O–H groups in total. The van der Waals surface area contributed by atoms with Crippen molar-refractivity contribution >= 4 is 56.6 Å². The molecule has 0 aliphatic heterocycles. The van der Waals surface area contributed by atoms with E-state index in [1.165, 1.54) is 28.6 Å². The Kier molecular flexibility index (Phi) is 8.77. The molecule has 0 unspecified atom stereocenters. The lowest BCUT2D eigenvalue weighted by atomic mass is 10.3. The maximum absolute atomic E-state index is 12.6. The highest BCUT2D eigenvalue weighted by Gasteiger charge is 2.24. The van der Waals surface area contributed by atoms with Gasteiger partial charge in [0.05, 0.1) is 4.90 Å². The molecule has 0 aliphatic rings. The molecule has 1 rings (SSSR count). The number of amides is 1. The molecule has 0 heterocycles. The summed E-state index contributed by atoms with van der Waals surface area (Å²) in [7, 11) is -3.56. The van der Waals surface area contributed by atoms with Crippen molar-refractivity contribution in [2.75, 3.05) is 25.0 Å². The molecule has 0 aliphatic carbocycles. The van der Waals surface area contributed by atoms with Gasteiger partial charge in [-0.3, -0.25) is 5.32 Å². The van der Waals surface area contributed by atoms with Crippen LogP contribution in [0.5, 0.6) is 0 Å². The van der Waals surface area contributed by atoms with Gasteiger partial charge in [-0.05, 0) is 37.1 Å². The Morgan fingerprint density at radius 2 is 1.64 bits per heavy atom. The molecule has 0 saturated heterocycles. The summed E-state index contributed by atoms with van der Waals surface area (Å²) in [6.45, 7) is 4.36. The van der Waals surface area contributed by atoms with Crippen LogP contribution in [0.1, 0.15) is 26.7 Å². The Morgan fingerprint density at radius 3 is 2.08 bits per heavy atom. The third-order valence-corrected chi connectivity index (χ3v) is 5.29. The first-order valence-corrected chi connectivity index (χ1v) is 10.3. The summed E-state index contributed by atoms with van der Waals surface area (Å²) in [6, 6.07) is 5.80. The molecule has 1 amide bonds. The van der Waals surface area contributed by atoms with Gasteiger partial charge < -0.3 is 4.74 Å². The van der Waals surface area contributed by atoms with Crippen LogP contribution in [-0.4, -0.2) is 42.3 Å². The van der Waals surface area contributed by atoms with E-state index in [9.17, 15) is 13.2 Å². The minimum Gasteiger partial charge on any atom is -0.445 e. The summed E-state index contributed by atoms with van der Waals surface area (Å²) < 4.78 is 29.7. The summed E-state index contributed by atoms with van der Waals surface area (Å²) in [5.74, 6) is 0. The SMILES string of the molecule is CCCN(CCC)S(=O)(=O)c1ccc(NC(=O)OCC(Cl)(Cl)Cl)cc1. The van der Waals surface area contributed by atoms with Crippen molar-refractivity contribution in [3.05, 3.63) is 24.3 Å². The Hall–Kier alpha value is -0.730. The predicted octanol–water partition coefficient (Wildman–Crippen LogP) is 4.42. The third-order valence-electron chi connectivity index (χ3n) is 3.05. The van der Waals surface area contributed by atoms with E-state index in [2.05, 4.69) is 5.32 Å². The average molecular weight is 432 g/mol. The van der Waals surface area contributed by atoms with Crippen molar-refractivity contribution in [2.24, 2.45) is 0 Å². The fourth-order valence-electron chi connectivity index (χ4n) is 2.01. The number of carbonyl (C=O) groups is 1. The normalized spacial score (nSPS) is 12.2. The van der Waals surface area contributed by atoms with Gasteiger partial charge in [0, 0.05) is 18.8 Å². The van der Waals surface area contributed by atoms with E-state index in [0.29, 0.717) is 18.8 Å². The Morgan fingerprint density at radius 1 is 1.12 bits per heavy atom. The molecule has 0 saturated carbocycles. The highest BCUT2D eigenvalue weighted by molar-refractivity contribution is 7.89. The molecular formula is C15H21Cl3N2O4S. The first-order chi connectivity index (χ1) is 11.6. The Labute approximate surface area is 163 Å². The highest BCUT2D eigenvalue weighted by Crippen LogP contribution is 2.26. The second kappa shape index (κ2) is 9.83. The van der Waals surface area contributed by atoms with Gasteiger partial charge in [-0.25, -0.2) is 13.2 Å². The van der Waals surface area contributed by atoms with Crippen molar-refractivity contribution in [3.8, 4) is 0 Å². The van der Waals surface area contributed by atoms with E-state index >= 15 is 0 Å². The minimum atomic E-state index is -3.56. The number of rotatable bonds is 8. The fraction of sp³-hybridized carbons (Fsp3) is 0.533. The van der Waals surface area contributed by atoms with Gasteiger partial charge in [-0.1, -0.05) is 48.7 Å². The topological polar surface area (TPSA) is 75.7 Å². The number of ether oxygens (including phenoxy) is 1. The lowest BCUT2D eigenvalue weighted by molar-refractivity contribution is 0.164. The van der Waals surface area contributed by atoms with Crippen molar-refractivity contribution < 1.29 is 17.9 Å². The molecule has 0 radical (unpaired) electrons. The van der Waals surface area contributed by atoms with Crippen molar-refractivity contribution in [1.82, 2.24) is 4.31 Å². The molecule has 6 nitrogen and oxygen atoms in total. The van der Waals surface area contributed by atoms with Gasteiger partial charge in [0.2, 0.25) is 13.8 Å². The van der Waals surface area contributed by atoms with Gasteiger partial charge >= 0.3 is 6.09 Å². The van der Waals surface area contributed by atoms with Gasteiger partial charge in [0.25, 0.3) is 0 Å². The van der Waals surface area contributed by atoms with Crippen molar-refractivity contribution in [3.63, 3.8) is 0 Å². The Bertz CT molecular complexity index is 654. The molecule has 1 aromatic carbocycles. The quantitative estimate of drug-likeness (QED) is 0.618. The van der Waals surface area contributed by atoms with Crippen LogP contribution >= 0.6 is 34.8 Å². The van der Waals surface area contributed by atoms with Crippen LogP contribution in [0.15, 0.2) is 29.2 Å². The van der Waals surface area contributed by atoms with Crippen LogP contribution in [0, 0.1) is 0 Å². The second-order valence-electron chi connectivity index (χ2n) is 5.24. The molecule has 0 spiro atoms. The second-order valence-corrected chi connectivity index (χ2v) is 9.70. The first kappa shape index (κ1) is 22.3. The van der Waals surface area contributed by atoms with E-state index < -0.39 is 26.5 Å². The number of sulfonamides is 1. The molecule has 25 heavy (non-hydrogen) atoms. The predicted molar refractivity (Wildman–Crippen MR) is 101 cm³/mol. The molecular weight excluding hydrogens is 411 g/mol. The van der Waals surface area contributed by atoms with E-state index in [0.717, 1.165) is 12.8 Å². The van der Waals surface area contributed by atoms with Crippen molar-refractivity contribution in [2.45, 2.75) is 35.4 Å². The first-order valence-electron chi connectivity index (χ1n) is 7.71. The summed E-state index contributed by atoms with van der Waals surface area (Å²) in [5, 5.41) is 2.43. The zero-order valence-electron chi connectivity index (χ0n) is 14.0. The number of hydrogen-bond acceptors (Lipinski definition) is 4. The molecule has 142 valence electrons. The van der Waals surface area contributed by atoms with Crippen LogP contribution in [0.25, 0.3) is 0 Å². The summed E-state index contributed by atoms with van der Waals surface area (Å²) in [4.78, 5) is 11.7. The lowest BCUT2D eigenvalue weighted by Gasteiger charge is -2.21. The van der Waals surface area contributed by atoms with Crippen molar-refractivity contribution in [1.29, 1.82) is 0 Å². The average Bonchev–Trinajstić information content (AvgIpc) is 2.52. The Balaban J connectivity index is 2.79. The number of nitrogens with zero attached hydrogens (tertiary/aromatic N) is 1. The number of carbonyl (C=O) groups excluding carboxylic acids is 1. The van der Waals surface area contributed by atoms with E-state index in [4.69, 9.17) is 39.5 Å². The summed E-state index contributed by atoms with van der Waals surface area (Å²) in [6.07, 6.45) is 0.655. The van der Waals surface area contributed by atoms with Crippen LogP contribution < -0.4 is 5.32 Å². The van der Waals surface area contributed by atoms with E-state index in [1.807, 2.05) is 13.8 Å². The number of anilines is 1. The van der Waals surface area contributed by atoms with Crippen LogP contribution in [-0.2, 0) is 14.8 Å². The number of benzene rings is 1. The van der Waals surface area contributed by atoms with Crippen LogP contribution in [0.2, 0.25) is 0 Å². The lowest BCUT2D eigenvalue weighted by Crippen LogP contribution is -2.32. The standard InChI is InChI=1S/C15H21Cl3N2O4S/c1-3-9-20(10-4-2)25(22,23)13-7-5-12(6-8-13)19-14(21)24-11-15(16,17)18/h5-8H,3-4,9-11H2,1-2H3,(H,19,21). The summed E-state index contributed by atoms with van der Waals surface area (Å²) >= 11 is 16.5. The molecule has 1 aromatic rings. The number of alkyl halides is 3. The minimum absolute atomic E-state index is 0.162. The molecule has 0 fully saturated rings. The summed E-state index contributed by atoms with van der Waals surface area (Å²) in [5.41, 5.74) is 0.366. The number of hydrogen-bond donors (Lipinski definition) is 1. The largest absolute Gasteiger partial charge is 0.445 e. The van der Waals surface area contributed by atoms with Gasteiger partial charge in [-0.2, -0.15) is 4.31 Å². The van der Waals surface area contributed by atoms with Gasteiger partial charge in [-0.15, -0.1) is 0 Å². The van der Waals surface area contributed by atoms with E-state index in [-0.39, 0.29) is 4.90 Å². The third kappa shape index (κ3) is 7.58. The van der Waals surface area contributed by atoms with E-state index in [1.54, 1.807) is 0 Å². The monoisotopic (exact) mass is 430 g/mol. The van der Waals surface area contributed by atoms with Gasteiger partial charge in [0.1, 0.15) is 6.61 Å². The van der Waals surface area contributed by atoms with Crippen LogP contribution in [0.3, 0.4) is 0 Å². The number of nitrogens with one attached hydrogen (secondary N) is 1. The maximum atomic E-state index is 12.6. The fourth-order valence-corrected chi connectivity index (χ4v) is 3.80. The maximum Gasteiger partial charge on any atom is 0.411 e. The zero-order chi connectivity index (χ0) is 19.1.